The highest BCUT2D eigenvalue weighted by Crippen LogP contribution is 2.13. The Hall–Kier alpha value is -2.23. The maximum absolute atomic E-state index is 13.2. The van der Waals surface area contributed by atoms with Crippen molar-refractivity contribution in [3.63, 3.8) is 0 Å². The molecule has 0 saturated carbocycles. The predicted octanol–water partition coefficient (Wildman–Crippen LogP) is 1.86. The zero-order valence-electron chi connectivity index (χ0n) is 11.3. The number of rotatable bonds is 3. The Balaban J connectivity index is 2.14. The van der Waals surface area contributed by atoms with Gasteiger partial charge in [-0.25, -0.2) is 9.37 Å². The second-order valence-corrected chi connectivity index (χ2v) is 5.52. The van der Waals surface area contributed by atoms with Crippen molar-refractivity contribution in [3.05, 3.63) is 51.2 Å². The number of benzene rings is 1. The van der Waals surface area contributed by atoms with Gasteiger partial charge in [0.15, 0.2) is 0 Å². The first kappa shape index (κ1) is 15.2. The molecule has 4 nitrogen and oxygen atoms in total. The quantitative estimate of drug-likeness (QED) is 0.851. The van der Waals surface area contributed by atoms with Crippen LogP contribution in [-0.4, -0.2) is 22.6 Å². The first-order valence-electron chi connectivity index (χ1n) is 6.19. The SMILES string of the molecule is Cc1cnc(CNC(=O)c2ccc(F)cc2C#CCO)s1. The van der Waals surface area contributed by atoms with Gasteiger partial charge < -0.3 is 10.4 Å². The van der Waals surface area contributed by atoms with Gasteiger partial charge in [0.05, 0.1) is 12.1 Å². The van der Waals surface area contributed by atoms with Crippen molar-refractivity contribution < 1.29 is 14.3 Å². The van der Waals surface area contributed by atoms with E-state index in [1.807, 2.05) is 6.92 Å². The molecule has 0 saturated heterocycles. The van der Waals surface area contributed by atoms with Crippen molar-refractivity contribution in [2.24, 2.45) is 0 Å². The van der Waals surface area contributed by atoms with E-state index in [1.165, 1.54) is 29.5 Å². The number of amides is 1. The van der Waals surface area contributed by atoms with Crippen LogP contribution in [0.15, 0.2) is 24.4 Å². The predicted molar refractivity (Wildman–Crippen MR) is 78.4 cm³/mol. The topological polar surface area (TPSA) is 62.2 Å². The van der Waals surface area contributed by atoms with Crippen LogP contribution in [0.5, 0.6) is 0 Å². The minimum Gasteiger partial charge on any atom is -0.384 e. The number of carbonyl (C=O) groups excluding carboxylic acids is 1. The number of aliphatic hydroxyl groups excluding tert-OH is 1. The molecule has 108 valence electrons. The zero-order valence-corrected chi connectivity index (χ0v) is 12.1. The number of thiazole rings is 1. The van der Waals surface area contributed by atoms with Crippen molar-refractivity contribution in [2.75, 3.05) is 6.61 Å². The van der Waals surface area contributed by atoms with E-state index in [4.69, 9.17) is 5.11 Å². The first-order valence-corrected chi connectivity index (χ1v) is 7.00. The van der Waals surface area contributed by atoms with Gasteiger partial charge in [-0.1, -0.05) is 11.8 Å². The molecule has 2 aromatic rings. The Kier molecular flexibility index (Phi) is 5.04. The van der Waals surface area contributed by atoms with Gasteiger partial charge in [-0.15, -0.1) is 11.3 Å². The lowest BCUT2D eigenvalue weighted by molar-refractivity contribution is 0.0950. The second kappa shape index (κ2) is 6.97. The van der Waals surface area contributed by atoms with Gasteiger partial charge in [-0.2, -0.15) is 0 Å². The van der Waals surface area contributed by atoms with Gasteiger partial charge >= 0.3 is 0 Å². The zero-order chi connectivity index (χ0) is 15.2. The Labute approximate surface area is 125 Å². The molecule has 6 heteroatoms. The van der Waals surface area contributed by atoms with Crippen LogP contribution in [0.1, 0.15) is 25.8 Å². The fourth-order valence-electron chi connectivity index (χ4n) is 1.69. The summed E-state index contributed by atoms with van der Waals surface area (Å²) < 4.78 is 13.2. The summed E-state index contributed by atoms with van der Waals surface area (Å²) in [5, 5.41) is 12.2. The van der Waals surface area contributed by atoms with Crippen LogP contribution >= 0.6 is 11.3 Å². The number of halogens is 1. The fraction of sp³-hybridized carbons (Fsp3) is 0.200. The monoisotopic (exact) mass is 304 g/mol. The molecule has 0 aliphatic rings. The van der Waals surface area contributed by atoms with Crippen molar-refractivity contribution >= 4 is 17.2 Å². The van der Waals surface area contributed by atoms with Crippen molar-refractivity contribution in [1.82, 2.24) is 10.3 Å². The van der Waals surface area contributed by atoms with Crippen LogP contribution in [-0.2, 0) is 6.54 Å². The van der Waals surface area contributed by atoms with E-state index < -0.39 is 5.82 Å². The summed E-state index contributed by atoms with van der Waals surface area (Å²) in [5.41, 5.74) is 0.516. The van der Waals surface area contributed by atoms with E-state index in [0.29, 0.717) is 6.54 Å². The summed E-state index contributed by atoms with van der Waals surface area (Å²) in [6.45, 7) is 1.89. The number of carbonyl (C=O) groups is 1. The highest BCUT2D eigenvalue weighted by molar-refractivity contribution is 7.11. The maximum Gasteiger partial charge on any atom is 0.252 e. The number of hydrogen-bond acceptors (Lipinski definition) is 4. The molecule has 2 N–H and O–H groups in total. The van der Waals surface area contributed by atoms with Crippen molar-refractivity contribution in [2.45, 2.75) is 13.5 Å². The lowest BCUT2D eigenvalue weighted by Gasteiger charge is -2.06. The molecule has 21 heavy (non-hydrogen) atoms. The van der Waals surface area contributed by atoms with E-state index in [2.05, 4.69) is 22.1 Å². The third kappa shape index (κ3) is 4.12. The summed E-state index contributed by atoms with van der Waals surface area (Å²) in [7, 11) is 0. The first-order chi connectivity index (χ1) is 10.1. The summed E-state index contributed by atoms with van der Waals surface area (Å²) in [6.07, 6.45) is 1.74. The van der Waals surface area contributed by atoms with Gasteiger partial charge in [-0.05, 0) is 25.1 Å². The fourth-order valence-corrected chi connectivity index (χ4v) is 2.41. The number of nitrogens with zero attached hydrogens (tertiary/aromatic N) is 1. The standard InChI is InChI=1S/C15H13FN2O2S/c1-10-8-17-14(21-10)9-18-15(20)13-5-4-12(16)7-11(13)3-2-6-19/h4-5,7-8,19H,6,9H2,1H3,(H,18,20). The third-order valence-corrected chi connectivity index (χ3v) is 3.51. The van der Waals surface area contributed by atoms with E-state index in [-0.39, 0.29) is 23.6 Å². The third-order valence-electron chi connectivity index (χ3n) is 2.60. The number of hydrogen-bond donors (Lipinski definition) is 2. The number of nitrogens with one attached hydrogen (secondary N) is 1. The average molecular weight is 304 g/mol. The lowest BCUT2D eigenvalue weighted by atomic mass is 10.1. The van der Waals surface area contributed by atoms with Crippen LogP contribution in [0.3, 0.4) is 0 Å². The van der Waals surface area contributed by atoms with Crippen LogP contribution in [0.25, 0.3) is 0 Å². The van der Waals surface area contributed by atoms with Crippen LogP contribution in [0.4, 0.5) is 4.39 Å². The highest BCUT2D eigenvalue weighted by Gasteiger charge is 2.11. The minimum atomic E-state index is -0.482. The maximum atomic E-state index is 13.2. The van der Waals surface area contributed by atoms with Crippen molar-refractivity contribution in [3.8, 4) is 11.8 Å². The van der Waals surface area contributed by atoms with Crippen LogP contribution in [0.2, 0.25) is 0 Å². The molecular formula is C15H13FN2O2S. The van der Waals surface area contributed by atoms with E-state index in [0.717, 1.165) is 9.88 Å². The van der Waals surface area contributed by atoms with Crippen LogP contribution < -0.4 is 5.32 Å². The molecule has 2 rings (SSSR count). The smallest absolute Gasteiger partial charge is 0.252 e. The van der Waals surface area contributed by atoms with E-state index in [1.54, 1.807) is 6.20 Å². The summed E-state index contributed by atoms with van der Waals surface area (Å²) in [4.78, 5) is 17.3. The molecular weight excluding hydrogens is 291 g/mol. The largest absolute Gasteiger partial charge is 0.384 e. The van der Waals surface area contributed by atoms with Crippen molar-refractivity contribution in [1.29, 1.82) is 0 Å². The molecule has 1 amide bonds. The molecule has 0 radical (unpaired) electrons. The number of aliphatic hydroxyl groups is 1. The second-order valence-electron chi connectivity index (χ2n) is 4.20. The molecule has 0 fully saturated rings. The van der Waals surface area contributed by atoms with Gasteiger partial charge in [-0.3, -0.25) is 4.79 Å². The van der Waals surface area contributed by atoms with Crippen LogP contribution in [0, 0.1) is 24.6 Å². The molecule has 1 aromatic heterocycles. The molecule has 0 atom stereocenters. The number of aromatic nitrogens is 1. The highest BCUT2D eigenvalue weighted by atomic mass is 32.1. The van der Waals surface area contributed by atoms with Gasteiger partial charge in [0.1, 0.15) is 17.4 Å². The van der Waals surface area contributed by atoms with Gasteiger partial charge in [0, 0.05) is 16.6 Å². The Bertz CT molecular complexity index is 716. The number of aryl methyl sites for hydroxylation is 1. The van der Waals surface area contributed by atoms with Gasteiger partial charge in [0.25, 0.3) is 5.91 Å². The summed E-state index contributed by atoms with van der Waals surface area (Å²) >= 11 is 1.50. The molecule has 0 unspecified atom stereocenters. The Morgan fingerprint density at radius 3 is 3.00 bits per heavy atom. The Morgan fingerprint density at radius 1 is 1.52 bits per heavy atom. The average Bonchev–Trinajstić information content (AvgIpc) is 2.88. The van der Waals surface area contributed by atoms with E-state index >= 15 is 0 Å². The molecule has 1 heterocycles. The summed E-state index contributed by atoms with van der Waals surface area (Å²) in [5.74, 6) is 4.15. The Morgan fingerprint density at radius 2 is 2.33 bits per heavy atom. The molecule has 1 aromatic carbocycles. The summed E-state index contributed by atoms with van der Waals surface area (Å²) in [6, 6.07) is 3.75. The van der Waals surface area contributed by atoms with E-state index in [9.17, 15) is 9.18 Å². The minimum absolute atomic E-state index is 0.247. The molecule has 0 bridgehead atoms. The van der Waals surface area contributed by atoms with Gasteiger partial charge in [0.2, 0.25) is 0 Å². The molecule has 0 spiro atoms. The molecule has 0 aliphatic carbocycles. The normalized spacial score (nSPS) is 9.86. The molecule has 0 aliphatic heterocycles. The lowest BCUT2D eigenvalue weighted by Crippen LogP contribution is -2.23.